The molecule has 0 saturated heterocycles. The minimum atomic E-state index is -3.81. The molecule has 3 rings (SSSR count). The molecule has 0 unspecified atom stereocenters. The fourth-order valence-corrected chi connectivity index (χ4v) is 4.42. The molecule has 11 heteroatoms. The van der Waals surface area contributed by atoms with E-state index in [9.17, 15) is 22.8 Å². The first kappa shape index (κ1) is 23.4. The molecule has 3 amide bonds. The Morgan fingerprint density at radius 1 is 0.969 bits per heavy atom. The lowest BCUT2D eigenvalue weighted by Crippen LogP contribution is -2.41. The van der Waals surface area contributed by atoms with Gasteiger partial charge in [-0.05, 0) is 34.4 Å². The number of carbonyl (C=O) groups is 3. The van der Waals surface area contributed by atoms with Crippen LogP contribution >= 0.6 is 11.3 Å². The van der Waals surface area contributed by atoms with Crippen molar-refractivity contribution in [3.8, 4) is 0 Å². The van der Waals surface area contributed by atoms with Gasteiger partial charge in [0.2, 0.25) is 10.0 Å². The van der Waals surface area contributed by atoms with Gasteiger partial charge in [0, 0.05) is 11.4 Å². The van der Waals surface area contributed by atoms with E-state index in [2.05, 4.69) is 10.0 Å². The number of carbonyl (C=O) groups excluding carboxylic acids is 3. The van der Waals surface area contributed by atoms with Crippen LogP contribution in [0.25, 0.3) is 10.8 Å². The molecule has 32 heavy (non-hydrogen) atoms. The number of benzene rings is 2. The standard InChI is InChI=1S/C21H21N3O6S2/c25-19(24-21(27)22-13-17-6-3-11-31-17)14-30-20(26)9-10-23-32(28,29)18-8-7-15-4-1-2-5-16(15)12-18/h1-8,11-12,23H,9-10,13-14H2,(H2,22,24,25,27). The Balaban J connectivity index is 1.37. The second-order valence-corrected chi connectivity index (χ2v) is 9.43. The number of sulfonamides is 1. The minimum absolute atomic E-state index is 0.0810. The lowest BCUT2D eigenvalue weighted by Gasteiger charge is -2.09. The van der Waals surface area contributed by atoms with E-state index in [0.717, 1.165) is 15.6 Å². The van der Waals surface area contributed by atoms with E-state index < -0.39 is 34.5 Å². The monoisotopic (exact) mass is 475 g/mol. The van der Waals surface area contributed by atoms with Gasteiger partial charge in [0.25, 0.3) is 5.91 Å². The molecule has 1 aromatic heterocycles. The highest BCUT2D eigenvalue weighted by molar-refractivity contribution is 7.89. The Bertz CT molecular complexity index is 1210. The Kier molecular flexibility index (Phi) is 7.92. The Morgan fingerprint density at radius 2 is 1.75 bits per heavy atom. The summed E-state index contributed by atoms with van der Waals surface area (Å²) in [5.41, 5.74) is 0. The van der Waals surface area contributed by atoms with E-state index >= 15 is 0 Å². The van der Waals surface area contributed by atoms with Crippen molar-refractivity contribution in [1.29, 1.82) is 0 Å². The first-order chi connectivity index (χ1) is 15.3. The van der Waals surface area contributed by atoms with Crippen molar-refractivity contribution in [1.82, 2.24) is 15.4 Å². The van der Waals surface area contributed by atoms with Gasteiger partial charge in [0.05, 0.1) is 17.9 Å². The maximum Gasteiger partial charge on any atom is 0.321 e. The lowest BCUT2D eigenvalue weighted by atomic mass is 10.1. The fraction of sp³-hybridized carbons (Fsp3) is 0.190. The van der Waals surface area contributed by atoms with Crippen molar-refractivity contribution in [2.45, 2.75) is 17.9 Å². The van der Waals surface area contributed by atoms with Crippen molar-refractivity contribution in [3.05, 3.63) is 64.9 Å². The van der Waals surface area contributed by atoms with E-state index in [0.29, 0.717) is 0 Å². The van der Waals surface area contributed by atoms with Crippen LogP contribution in [0.15, 0.2) is 64.9 Å². The molecule has 0 spiro atoms. The molecule has 9 nitrogen and oxygen atoms in total. The van der Waals surface area contributed by atoms with Crippen LogP contribution in [0.5, 0.6) is 0 Å². The topological polar surface area (TPSA) is 131 Å². The predicted octanol–water partition coefficient (Wildman–Crippen LogP) is 2.14. The lowest BCUT2D eigenvalue weighted by molar-refractivity contribution is -0.148. The third-order valence-corrected chi connectivity index (χ3v) is 6.61. The van der Waals surface area contributed by atoms with Gasteiger partial charge >= 0.3 is 12.0 Å². The minimum Gasteiger partial charge on any atom is -0.456 e. The van der Waals surface area contributed by atoms with Gasteiger partial charge in [0.15, 0.2) is 6.61 Å². The smallest absolute Gasteiger partial charge is 0.321 e. The number of imide groups is 1. The summed E-state index contributed by atoms with van der Waals surface area (Å²) in [7, 11) is -3.81. The summed E-state index contributed by atoms with van der Waals surface area (Å²) in [6, 6.07) is 15.0. The van der Waals surface area contributed by atoms with Crippen LogP contribution in [0.4, 0.5) is 4.79 Å². The quantitative estimate of drug-likeness (QED) is 0.407. The van der Waals surface area contributed by atoms with Crippen LogP contribution in [0.1, 0.15) is 11.3 Å². The van der Waals surface area contributed by atoms with Crippen LogP contribution in [0.3, 0.4) is 0 Å². The zero-order valence-electron chi connectivity index (χ0n) is 16.9. The molecular formula is C21H21N3O6S2. The highest BCUT2D eigenvalue weighted by atomic mass is 32.2. The maximum atomic E-state index is 12.4. The molecule has 3 N–H and O–H groups in total. The largest absolute Gasteiger partial charge is 0.456 e. The first-order valence-corrected chi connectivity index (χ1v) is 11.9. The zero-order chi connectivity index (χ0) is 23.0. The number of hydrogen-bond acceptors (Lipinski definition) is 7. The summed E-state index contributed by atoms with van der Waals surface area (Å²) < 4.78 is 31.9. The number of nitrogens with one attached hydrogen (secondary N) is 3. The number of thiophene rings is 1. The van der Waals surface area contributed by atoms with Crippen LogP contribution < -0.4 is 15.4 Å². The van der Waals surface area contributed by atoms with Crippen molar-refractivity contribution >= 4 is 50.0 Å². The van der Waals surface area contributed by atoms with Crippen LogP contribution in [-0.2, 0) is 30.9 Å². The van der Waals surface area contributed by atoms with Gasteiger partial charge in [-0.2, -0.15) is 0 Å². The van der Waals surface area contributed by atoms with Gasteiger partial charge in [0.1, 0.15) is 0 Å². The average molecular weight is 476 g/mol. The number of fused-ring (bicyclic) bond motifs is 1. The summed E-state index contributed by atoms with van der Waals surface area (Å²) in [4.78, 5) is 36.1. The van der Waals surface area contributed by atoms with Crippen LogP contribution in [-0.4, -0.2) is 39.5 Å². The molecule has 0 aliphatic heterocycles. The molecule has 168 valence electrons. The SMILES string of the molecule is O=C(COC(=O)CCNS(=O)(=O)c1ccc2ccccc2c1)NC(=O)NCc1cccs1. The molecular weight excluding hydrogens is 454 g/mol. The molecule has 0 radical (unpaired) electrons. The van der Waals surface area contributed by atoms with E-state index in [-0.39, 0.29) is 24.4 Å². The average Bonchev–Trinajstić information content (AvgIpc) is 3.29. The number of urea groups is 1. The van der Waals surface area contributed by atoms with Crippen molar-refractivity contribution in [3.63, 3.8) is 0 Å². The van der Waals surface area contributed by atoms with Crippen LogP contribution in [0.2, 0.25) is 0 Å². The van der Waals surface area contributed by atoms with Gasteiger partial charge in [-0.25, -0.2) is 17.9 Å². The normalized spacial score (nSPS) is 11.1. The molecule has 0 atom stereocenters. The maximum absolute atomic E-state index is 12.4. The fourth-order valence-electron chi connectivity index (χ4n) is 2.71. The van der Waals surface area contributed by atoms with E-state index in [1.54, 1.807) is 18.2 Å². The van der Waals surface area contributed by atoms with Crippen molar-refractivity contribution < 1.29 is 27.5 Å². The highest BCUT2D eigenvalue weighted by Gasteiger charge is 2.16. The molecule has 3 aromatic rings. The molecule has 1 heterocycles. The van der Waals surface area contributed by atoms with Gasteiger partial charge < -0.3 is 10.1 Å². The first-order valence-electron chi connectivity index (χ1n) is 9.58. The summed E-state index contributed by atoms with van der Waals surface area (Å²) in [6.45, 7) is -0.576. The Labute approximate surface area is 188 Å². The molecule has 0 saturated carbocycles. The molecule has 0 bridgehead atoms. The number of esters is 1. The summed E-state index contributed by atoms with van der Waals surface area (Å²) in [6.07, 6.45) is -0.273. The summed E-state index contributed by atoms with van der Waals surface area (Å²) >= 11 is 1.46. The third-order valence-electron chi connectivity index (χ3n) is 4.27. The molecule has 0 fully saturated rings. The molecule has 0 aliphatic carbocycles. The second-order valence-electron chi connectivity index (χ2n) is 6.63. The molecule has 2 aromatic carbocycles. The summed E-state index contributed by atoms with van der Waals surface area (Å²) in [5, 5.41) is 8.10. The number of rotatable bonds is 9. The highest BCUT2D eigenvalue weighted by Crippen LogP contribution is 2.18. The van der Waals surface area contributed by atoms with Crippen molar-refractivity contribution in [2.75, 3.05) is 13.2 Å². The zero-order valence-corrected chi connectivity index (χ0v) is 18.5. The summed E-state index contributed by atoms with van der Waals surface area (Å²) in [5.74, 6) is -1.57. The predicted molar refractivity (Wildman–Crippen MR) is 119 cm³/mol. The third kappa shape index (κ3) is 6.87. The Morgan fingerprint density at radius 3 is 2.50 bits per heavy atom. The van der Waals surface area contributed by atoms with Crippen molar-refractivity contribution in [2.24, 2.45) is 0 Å². The van der Waals surface area contributed by atoms with Gasteiger partial charge in [-0.15, -0.1) is 11.3 Å². The van der Waals surface area contributed by atoms with Crippen LogP contribution in [0, 0.1) is 0 Å². The van der Waals surface area contributed by atoms with E-state index in [1.807, 2.05) is 41.0 Å². The number of ether oxygens (including phenoxy) is 1. The van der Waals surface area contributed by atoms with E-state index in [4.69, 9.17) is 4.74 Å². The second kappa shape index (κ2) is 10.8. The van der Waals surface area contributed by atoms with Gasteiger partial charge in [-0.3, -0.25) is 14.9 Å². The molecule has 0 aliphatic rings. The van der Waals surface area contributed by atoms with Gasteiger partial charge in [-0.1, -0.05) is 36.4 Å². The van der Waals surface area contributed by atoms with E-state index in [1.165, 1.54) is 17.4 Å². The Hall–Kier alpha value is -3.28. The number of amides is 3. The number of hydrogen-bond donors (Lipinski definition) is 3.